The van der Waals surface area contributed by atoms with Crippen molar-refractivity contribution in [3.8, 4) is 11.5 Å². The molecule has 9 nitrogen and oxygen atoms in total. The van der Waals surface area contributed by atoms with Crippen molar-refractivity contribution in [1.82, 2.24) is 4.98 Å². The predicted octanol–water partition coefficient (Wildman–Crippen LogP) is 4.64. The number of benzene rings is 2. The third-order valence-corrected chi connectivity index (χ3v) is 6.08. The van der Waals surface area contributed by atoms with Crippen LogP contribution in [0.3, 0.4) is 0 Å². The Labute approximate surface area is 214 Å². The lowest BCUT2D eigenvalue weighted by Crippen LogP contribution is -2.21. The summed E-state index contributed by atoms with van der Waals surface area (Å²) in [6, 6.07) is 12.7. The molecular weight excluding hydrogens is 517 g/mol. The number of esters is 1. The molecule has 0 unspecified atom stereocenters. The van der Waals surface area contributed by atoms with E-state index in [2.05, 4.69) is 15.6 Å². The summed E-state index contributed by atoms with van der Waals surface area (Å²) in [6.45, 7) is -0.404. The van der Waals surface area contributed by atoms with Gasteiger partial charge in [0, 0.05) is 23.0 Å². The number of pyridine rings is 1. The molecule has 3 aromatic rings. The number of halogens is 2. The number of hydrogen-bond acceptors (Lipinski definition) is 8. The van der Waals surface area contributed by atoms with Gasteiger partial charge in [-0.3, -0.25) is 9.59 Å². The van der Waals surface area contributed by atoms with E-state index in [0.717, 1.165) is 11.8 Å². The van der Waals surface area contributed by atoms with Crippen molar-refractivity contribution < 1.29 is 28.6 Å². The van der Waals surface area contributed by atoms with Gasteiger partial charge in [-0.15, -0.1) is 0 Å². The number of anilines is 2. The quantitative estimate of drug-likeness (QED) is 0.317. The van der Waals surface area contributed by atoms with Crippen molar-refractivity contribution in [2.24, 2.45) is 0 Å². The largest absolute Gasteiger partial charge is 0.454 e. The van der Waals surface area contributed by atoms with Gasteiger partial charge in [0.15, 0.2) is 18.1 Å². The van der Waals surface area contributed by atoms with Gasteiger partial charge in [0.05, 0.1) is 22.0 Å². The summed E-state index contributed by atoms with van der Waals surface area (Å²) in [5.41, 5.74) is 1.02. The molecule has 1 aliphatic rings. The molecule has 0 saturated heterocycles. The van der Waals surface area contributed by atoms with Crippen molar-refractivity contribution in [2.45, 2.75) is 5.03 Å². The van der Waals surface area contributed by atoms with Gasteiger partial charge < -0.3 is 24.8 Å². The molecule has 0 saturated carbocycles. The zero-order chi connectivity index (χ0) is 24.8. The highest BCUT2D eigenvalue weighted by Crippen LogP contribution is 2.34. The lowest BCUT2D eigenvalue weighted by Gasteiger charge is -2.10. The van der Waals surface area contributed by atoms with Crippen LogP contribution in [0.25, 0.3) is 0 Å². The van der Waals surface area contributed by atoms with E-state index in [0.29, 0.717) is 32.9 Å². The van der Waals surface area contributed by atoms with E-state index < -0.39 is 18.5 Å². The van der Waals surface area contributed by atoms with Crippen LogP contribution < -0.4 is 20.1 Å². The minimum Gasteiger partial charge on any atom is -0.454 e. The fraction of sp³-hybridized carbons (Fsp3) is 0.130. The standard InChI is InChI=1S/C23H17Cl2N3O6S/c24-13-3-5-17(16(25)8-13)28-20(29)10-32-23(31)15-2-1-7-26-22(15)35-11-21(30)27-14-4-6-18-19(9-14)34-12-33-18/h1-9H,10-12H2,(H,27,30)(H,28,29). The van der Waals surface area contributed by atoms with E-state index in [-0.39, 0.29) is 29.0 Å². The maximum Gasteiger partial charge on any atom is 0.341 e. The fourth-order valence-corrected chi connectivity index (χ4v) is 4.19. The summed E-state index contributed by atoms with van der Waals surface area (Å²) in [7, 11) is 0. The maximum atomic E-state index is 12.6. The van der Waals surface area contributed by atoms with Gasteiger partial charge >= 0.3 is 5.97 Å². The summed E-state index contributed by atoms with van der Waals surface area (Å²) in [6.07, 6.45) is 1.49. The number of fused-ring (bicyclic) bond motifs is 1. The summed E-state index contributed by atoms with van der Waals surface area (Å²) < 4.78 is 15.7. The van der Waals surface area contributed by atoms with Crippen molar-refractivity contribution in [3.63, 3.8) is 0 Å². The number of carbonyl (C=O) groups excluding carboxylic acids is 3. The molecule has 2 aromatic carbocycles. The number of hydrogen-bond donors (Lipinski definition) is 2. The van der Waals surface area contributed by atoms with Gasteiger partial charge in [0.25, 0.3) is 5.91 Å². The first-order valence-electron chi connectivity index (χ1n) is 10.1. The SMILES string of the molecule is O=C(CSc1ncccc1C(=O)OCC(=O)Nc1ccc(Cl)cc1Cl)Nc1ccc2c(c1)OCO2. The fourth-order valence-electron chi connectivity index (χ4n) is 2.95. The molecule has 0 spiro atoms. The number of nitrogens with zero attached hydrogens (tertiary/aromatic N) is 1. The molecule has 180 valence electrons. The average Bonchev–Trinajstić information content (AvgIpc) is 3.31. The highest BCUT2D eigenvalue weighted by Gasteiger charge is 2.18. The first-order chi connectivity index (χ1) is 16.9. The Morgan fingerprint density at radius 1 is 1.00 bits per heavy atom. The third kappa shape index (κ3) is 6.56. The molecule has 2 heterocycles. The second-order valence-electron chi connectivity index (χ2n) is 7.01. The molecule has 2 N–H and O–H groups in total. The maximum absolute atomic E-state index is 12.6. The molecule has 0 atom stereocenters. The number of rotatable bonds is 8. The third-order valence-electron chi connectivity index (χ3n) is 4.53. The lowest BCUT2D eigenvalue weighted by molar-refractivity contribution is -0.119. The Morgan fingerprint density at radius 3 is 2.66 bits per heavy atom. The Hall–Kier alpha value is -3.47. The predicted molar refractivity (Wildman–Crippen MR) is 132 cm³/mol. The van der Waals surface area contributed by atoms with Crippen LogP contribution in [-0.4, -0.2) is 41.9 Å². The highest BCUT2D eigenvalue weighted by atomic mass is 35.5. The molecule has 0 aliphatic carbocycles. The molecule has 0 bridgehead atoms. The van der Waals surface area contributed by atoms with Gasteiger partial charge in [0.2, 0.25) is 12.7 Å². The van der Waals surface area contributed by atoms with Crippen LogP contribution in [0.5, 0.6) is 11.5 Å². The van der Waals surface area contributed by atoms with E-state index >= 15 is 0 Å². The van der Waals surface area contributed by atoms with Gasteiger partial charge in [0.1, 0.15) is 5.03 Å². The summed E-state index contributed by atoms with van der Waals surface area (Å²) in [5, 5.41) is 6.26. The monoisotopic (exact) mass is 533 g/mol. The molecule has 2 amide bonds. The van der Waals surface area contributed by atoms with Crippen LogP contribution >= 0.6 is 35.0 Å². The van der Waals surface area contributed by atoms with Crippen molar-refractivity contribution in [1.29, 1.82) is 0 Å². The van der Waals surface area contributed by atoms with E-state index in [9.17, 15) is 14.4 Å². The summed E-state index contributed by atoms with van der Waals surface area (Å²) in [5.74, 6) is -0.496. The molecule has 4 rings (SSSR count). The molecule has 35 heavy (non-hydrogen) atoms. The second kappa shape index (κ2) is 11.3. The minimum absolute atomic E-state index is 0.0126. The number of amides is 2. The first-order valence-corrected chi connectivity index (χ1v) is 11.8. The van der Waals surface area contributed by atoms with Crippen LogP contribution in [0.2, 0.25) is 10.0 Å². The Balaban J connectivity index is 1.30. The number of nitrogens with one attached hydrogen (secondary N) is 2. The van der Waals surface area contributed by atoms with Gasteiger partial charge in [-0.2, -0.15) is 0 Å². The highest BCUT2D eigenvalue weighted by molar-refractivity contribution is 8.00. The average molecular weight is 534 g/mol. The van der Waals surface area contributed by atoms with Crippen molar-refractivity contribution in [3.05, 3.63) is 70.3 Å². The number of thioether (sulfide) groups is 1. The van der Waals surface area contributed by atoms with Crippen LogP contribution in [0.1, 0.15) is 10.4 Å². The Bertz CT molecular complexity index is 1290. The van der Waals surface area contributed by atoms with Gasteiger partial charge in [-0.1, -0.05) is 35.0 Å². The van der Waals surface area contributed by atoms with E-state index in [1.165, 1.54) is 24.4 Å². The lowest BCUT2D eigenvalue weighted by atomic mass is 10.3. The van der Waals surface area contributed by atoms with Crippen LogP contribution in [0.15, 0.2) is 59.8 Å². The topological polar surface area (TPSA) is 116 Å². The Morgan fingerprint density at radius 2 is 1.83 bits per heavy atom. The number of carbonyl (C=O) groups is 3. The molecular formula is C23H17Cl2N3O6S. The minimum atomic E-state index is -0.755. The normalized spacial score (nSPS) is 11.6. The van der Waals surface area contributed by atoms with E-state index in [4.69, 9.17) is 37.4 Å². The van der Waals surface area contributed by atoms with Crippen LogP contribution in [0, 0.1) is 0 Å². The molecule has 0 fully saturated rings. The number of aromatic nitrogens is 1. The zero-order valence-corrected chi connectivity index (χ0v) is 20.2. The van der Waals surface area contributed by atoms with E-state index in [1.807, 2.05) is 0 Å². The molecule has 1 aromatic heterocycles. The van der Waals surface area contributed by atoms with Crippen molar-refractivity contribution in [2.75, 3.05) is 29.8 Å². The van der Waals surface area contributed by atoms with Crippen LogP contribution in [0.4, 0.5) is 11.4 Å². The smallest absolute Gasteiger partial charge is 0.341 e. The van der Waals surface area contributed by atoms with Gasteiger partial charge in [-0.05, 0) is 42.5 Å². The van der Waals surface area contributed by atoms with Crippen LogP contribution in [-0.2, 0) is 14.3 Å². The molecule has 12 heteroatoms. The number of ether oxygens (including phenoxy) is 3. The molecule has 0 radical (unpaired) electrons. The van der Waals surface area contributed by atoms with Gasteiger partial charge in [-0.25, -0.2) is 9.78 Å². The van der Waals surface area contributed by atoms with E-state index in [1.54, 1.807) is 30.3 Å². The zero-order valence-electron chi connectivity index (χ0n) is 17.9. The molecule has 1 aliphatic heterocycles. The summed E-state index contributed by atoms with van der Waals surface area (Å²) >= 11 is 12.9. The van der Waals surface area contributed by atoms with Crippen molar-refractivity contribution >= 4 is 64.1 Å². The second-order valence-corrected chi connectivity index (χ2v) is 8.82. The Kier molecular flexibility index (Phi) is 7.96. The first kappa shape index (κ1) is 24.6. The summed E-state index contributed by atoms with van der Waals surface area (Å²) in [4.78, 5) is 41.3.